The van der Waals surface area contributed by atoms with Gasteiger partial charge < -0.3 is 14.6 Å². The van der Waals surface area contributed by atoms with Gasteiger partial charge in [0.1, 0.15) is 5.75 Å². The molecule has 0 aliphatic heterocycles. The molecule has 0 bridgehead atoms. The number of benzene rings is 2. The molecule has 5 nitrogen and oxygen atoms in total. The van der Waals surface area contributed by atoms with Crippen LogP contribution in [0.1, 0.15) is 13.8 Å². The molecule has 3 rings (SSSR count). The first-order valence-corrected chi connectivity index (χ1v) is 9.07. The summed E-state index contributed by atoms with van der Waals surface area (Å²) in [6.45, 7) is 4.79. The van der Waals surface area contributed by atoms with Crippen LogP contribution in [0.25, 0.3) is 11.0 Å². The molecule has 0 saturated heterocycles. The third-order valence-corrected chi connectivity index (χ3v) is 5.03. The summed E-state index contributed by atoms with van der Waals surface area (Å²) in [5, 5.41) is 3.53. The third-order valence-electron chi connectivity index (χ3n) is 3.94. The van der Waals surface area contributed by atoms with Crippen molar-refractivity contribution in [2.24, 2.45) is 0 Å². The number of hydrogen-bond acceptors (Lipinski definition) is 4. The van der Waals surface area contributed by atoms with Gasteiger partial charge in [0, 0.05) is 12.2 Å². The van der Waals surface area contributed by atoms with Crippen LogP contribution in [0, 0.1) is 0 Å². The van der Waals surface area contributed by atoms with Crippen molar-refractivity contribution in [3.05, 3.63) is 48.5 Å². The second kappa shape index (κ2) is 7.61. The Morgan fingerprint density at radius 3 is 2.64 bits per heavy atom. The van der Waals surface area contributed by atoms with Gasteiger partial charge in [-0.3, -0.25) is 4.79 Å². The normalized spacial score (nSPS) is 12.1. The van der Waals surface area contributed by atoms with Crippen molar-refractivity contribution >= 4 is 34.4 Å². The zero-order chi connectivity index (χ0) is 17.8. The van der Waals surface area contributed by atoms with Crippen molar-refractivity contribution < 1.29 is 9.53 Å². The molecule has 0 radical (unpaired) electrons. The number of rotatable bonds is 6. The number of nitrogens with one attached hydrogen (secondary N) is 1. The number of hydrogen-bond donors (Lipinski definition) is 1. The highest BCUT2D eigenvalue weighted by molar-refractivity contribution is 8.00. The van der Waals surface area contributed by atoms with Gasteiger partial charge in [-0.15, -0.1) is 0 Å². The number of fused-ring (bicyclic) bond motifs is 1. The number of nitrogens with zero attached hydrogens (tertiary/aromatic N) is 2. The molecule has 1 aromatic heterocycles. The molecule has 0 aliphatic rings. The topological polar surface area (TPSA) is 56.2 Å². The Kier molecular flexibility index (Phi) is 5.28. The lowest BCUT2D eigenvalue weighted by atomic mass is 10.3. The minimum absolute atomic E-state index is 0.0510. The molecular weight excluding hydrogens is 334 g/mol. The molecule has 0 aliphatic carbocycles. The molecule has 6 heteroatoms. The van der Waals surface area contributed by atoms with Crippen LogP contribution in [0.5, 0.6) is 5.75 Å². The lowest BCUT2D eigenvalue weighted by molar-refractivity contribution is -0.115. The van der Waals surface area contributed by atoms with Crippen LogP contribution in [-0.4, -0.2) is 27.8 Å². The lowest BCUT2D eigenvalue weighted by Crippen LogP contribution is -2.22. The lowest BCUT2D eigenvalue weighted by Gasteiger charge is -2.13. The monoisotopic (exact) mass is 355 g/mol. The van der Waals surface area contributed by atoms with Crippen LogP contribution >= 0.6 is 11.8 Å². The van der Waals surface area contributed by atoms with E-state index in [0.717, 1.165) is 34.2 Å². The maximum absolute atomic E-state index is 12.5. The first-order valence-electron chi connectivity index (χ1n) is 8.19. The summed E-state index contributed by atoms with van der Waals surface area (Å²) in [5.41, 5.74) is 2.80. The number of para-hydroxylation sites is 2. The first kappa shape index (κ1) is 17.4. The molecule has 1 N–H and O–H groups in total. The fraction of sp³-hybridized carbons (Fsp3) is 0.263. The number of imidazole rings is 1. The second-order valence-corrected chi connectivity index (χ2v) is 6.91. The van der Waals surface area contributed by atoms with E-state index in [2.05, 4.69) is 27.9 Å². The summed E-state index contributed by atoms with van der Waals surface area (Å²) in [5.74, 6) is 0.710. The van der Waals surface area contributed by atoms with Crippen LogP contribution < -0.4 is 10.1 Å². The Balaban J connectivity index is 1.72. The highest BCUT2D eigenvalue weighted by Gasteiger charge is 2.19. The van der Waals surface area contributed by atoms with Gasteiger partial charge in [0.15, 0.2) is 5.16 Å². The predicted octanol–water partition coefficient (Wildman–Crippen LogP) is 4.18. The largest absolute Gasteiger partial charge is 0.497 e. The Morgan fingerprint density at radius 1 is 1.24 bits per heavy atom. The van der Waals surface area contributed by atoms with Gasteiger partial charge in [-0.05, 0) is 50.2 Å². The van der Waals surface area contributed by atoms with E-state index in [9.17, 15) is 4.79 Å². The molecule has 1 heterocycles. The molecule has 1 amide bonds. The molecule has 0 spiro atoms. The number of aromatic nitrogens is 2. The molecule has 130 valence electrons. The molecule has 1 atom stereocenters. The summed E-state index contributed by atoms with van der Waals surface area (Å²) in [6.07, 6.45) is 0. The fourth-order valence-corrected chi connectivity index (χ4v) is 3.57. The van der Waals surface area contributed by atoms with E-state index in [1.54, 1.807) is 7.11 Å². The SMILES string of the molecule is CCn1c(SC(C)C(=O)Nc2ccc(OC)cc2)nc2ccccc21. The zero-order valence-electron chi connectivity index (χ0n) is 14.5. The molecule has 25 heavy (non-hydrogen) atoms. The number of anilines is 1. The quantitative estimate of drug-likeness (QED) is 0.674. The predicted molar refractivity (Wildman–Crippen MR) is 102 cm³/mol. The third kappa shape index (κ3) is 3.79. The van der Waals surface area contributed by atoms with E-state index in [4.69, 9.17) is 4.74 Å². The molecule has 0 fully saturated rings. The fourth-order valence-electron chi connectivity index (χ4n) is 2.58. The van der Waals surface area contributed by atoms with Crippen molar-refractivity contribution in [3.8, 4) is 5.75 Å². The van der Waals surface area contributed by atoms with Gasteiger partial charge in [0.2, 0.25) is 5.91 Å². The maximum atomic E-state index is 12.5. The minimum Gasteiger partial charge on any atom is -0.497 e. The van der Waals surface area contributed by atoms with E-state index in [1.807, 2.05) is 49.4 Å². The molecule has 1 unspecified atom stereocenters. The summed E-state index contributed by atoms with van der Waals surface area (Å²) in [6, 6.07) is 15.3. The van der Waals surface area contributed by atoms with Gasteiger partial charge in [-0.2, -0.15) is 0 Å². The Labute approximate surface area is 151 Å². The van der Waals surface area contributed by atoms with E-state index in [-0.39, 0.29) is 11.2 Å². The van der Waals surface area contributed by atoms with Crippen molar-refractivity contribution in [1.29, 1.82) is 0 Å². The number of methoxy groups -OCH3 is 1. The van der Waals surface area contributed by atoms with E-state index in [1.165, 1.54) is 11.8 Å². The number of carbonyl (C=O) groups is 1. The Morgan fingerprint density at radius 2 is 1.96 bits per heavy atom. The first-order chi connectivity index (χ1) is 12.1. The Bertz CT molecular complexity index is 874. The van der Waals surface area contributed by atoms with Gasteiger partial charge in [-0.1, -0.05) is 23.9 Å². The standard InChI is InChI=1S/C19H21N3O2S/c1-4-22-17-8-6-5-7-16(17)21-19(22)25-13(2)18(23)20-14-9-11-15(24-3)12-10-14/h5-13H,4H2,1-3H3,(H,20,23). The average molecular weight is 355 g/mol. The highest BCUT2D eigenvalue weighted by atomic mass is 32.2. The van der Waals surface area contributed by atoms with Crippen molar-refractivity contribution in [2.45, 2.75) is 30.8 Å². The van der Waals surface area contributed by atoms with Crippen LogP contribution in [0.15, 0.2) is 53.7 Å². The molecule has 2 aromatic carbocycles. The minimum atomic E-state index is -0.260. The van der Waals surface area contributed by atoms with Crippen LogP contribution in [0.3, 0.4) is 0 Å². The number of thioether (sulfide) groups is 1. The van der Waals surface area contributed by atoms with Crippen LogP contribution in [0.2, 0.25) is 0 Å². The molecule has 0 saturated carbocycles. The zero-order valence-corrected chi connectivity index (χ0v) is 15.3. The van der Waals surface area contributed by atoms with Gasteiger partial charge >= 0.3 is 0 Å². The molecule has 3 aromatic rings. The summed E-state index contributed by atoms with van der Waals surface area (Å²) in [4.78, 5) is 17.2. The van der Waals surface area contributed by atoms with Crippen molar-refractivity contribution in [2.75, 3.05) is 12.4 Å². The summed E-state index contributed by atoms with van der Waals surface area (Å²) >= 11 is 1.47. The average Bonchev–Trinajstić information content (AvgIpc) is 2.99. The Hall–Kier alpha value is -2.47. The van der Waals surface area contributed by atoms with Gasteiger partial charge in [0.25, 0.3) is 0 Å². The van der Waals surface area contributed by atoms with Crippen molar-refractivity contribution in [3.63, 3.8) is 0 Å². The van der Waals surface area contributed by atoms with E-state index >= 15 is 0 Å². The van der Waals surface area contributed by atoms with Crippen molar-refractivity contribution in [1.82, 2.24) is 9.55 Å². The van der Waals surface area contributed by atoms with Gasteiger partial charge in [0.05, 0.1) is 23.4 Å². The van der Waals surface area contributed by atoms with Crippen LogP contribution in [0.4, 0.5) is 5.69 Å². The number of ether oxygens (including phenoxy) is 1. The smallest absolute Gasteiger partial charge is 0.237 e. The number of aryl methyl sites for hydroxylation is 1. The molecular formula is C19H21N3O2S. The maximum Gasteiger partial charge on any atom is 0.237 e. The summed E-state index contributed by atoms with van der Waals surface area (Å²) in [7, 11) is 1.62. The number of carbonyl (C=O) groups excluding carboxylic acids is 1. The van der Waals surface area contributed by atoms with E-state index < -0.39 is 0 Å². The second-order valence-electron chi connectivity index (χ2n) is 5.61. The highest BCUT2D eigenvalue weighted by Crippen LogP contribution is 2.28. The van der Waals surface area contributed by atoms with Crippen LogP contribution in [-0.2, 0) is 11.3 Å². The van der Waals surface area contributed by atoms with Gasteiger partial charge in [-0.25, -0.2) is 4.98 Å². The summed E-state index contributed by atoms with van der Waals surface area (Å²) < 4.78 is 7.26. The number of amides is 1. The van der Waals surface area contributed by atoms with E-state index in [0.29, 0.717) is 0 Å².